The number of ether oxygens (including phenoxy) is 1. The van der Waals surface area contributed by atoms with E-state index in [0.717, 1.165) is 11.1 Å². The normalized spacial score (nSPS) is 15.2. The molecule has 0 spiro atoms. The first kappa shape index (κ1) is 42.3. The van der Waals surface area contributed by atoms with Crippen molar-refractivity contribution in [1.82, 2.24) is 15.5 Å². The highest BCUT2D eigenvalue weighted by atomic mass is 16.6. The number of nitrogens with zero attached hydrogens (tertiary/aromatic N) is 2. The standard InChI is InChI=1S/C40H55N5O8/c1-26(2)33(24-32(46)10-7-6-8-21-45-36(48)22-28(4)38(45)50)37(49)43-34(11-9-20-42-39(41)51)35(47)23-29-14-16-30(17-15-29)25-53-40(52)44(5)31-18-12-27(3)13-19-31/h12-19,26,28,33-34H,6-11,20-25H2,1-5H3,(H,43,49)(H3,41,42,51)/t28?,33-,34-/m0/s1. The molecule has 0 bridgehead atoms. The number of unbranched alkanes of at least 4 members (excludes halogenated alkanes) is 2. The van der Waals surface area contributed by atoms with Crippen LogP contribution in [-0.2, 0) is 41.7 Å². The number of hydrogen-bond donors (Lipinski definition) is 3. The van der Waals surface area contributed by atoms with Gasteiger partial charge in [0.25, 0.3) is 0 Å². The van der Waals surface area contributed by atoms with Gasteiger partial charge in [-0.05, 0) is 61.8 Å². The van der Waals surface area contributed by atoms with Crippen molar-refractivity contribution in [2.45, 2.75) is 98.1 Å². The molecular weight excluding hydrogens is 678 g/mol. The lowest BCUT2D eigenvalue weighted by Crippen LogP contribution is -2.46. The molecule has 0 aliphatic carbocycles. The molecule has 53 heavy (non-hydrogen) atoms. The zero-order valence-electron chi connectivity index (χ0n) is 31.7. The van der Waals surface area contributed by atoms with Gasteiger partial charge in [-0.3, -0.25) is 33.8 Å². The molecule has 1 unspecified atom stereocenters. The number of anilines is 1. The highest BCUT2D eigenvalue weighted by molar-refractivity contribution is 6.03. The van der Waals surface area contributed by atoms with Crippen molar-refractivity contribution in [3.63, 3.8) is 0 Å². The zero-order chi connectivity index (χ0) is 39.1. The van der Waals surface area contributed by atoms with Crippen molar-refractivity contribution < 1.29 is 38.3 Å². The largest absolute Gasteiger partial charge is 0.444 e. The maximum Gasteiger partial charge on any atom is 0.414 e. The number of likely N-dealkylation sites (tertiary alicyclic amines) is 1. The number of nitrogens with two attached hydrogens (primary N) is 1. The van der Waals surface area contributed by atoms with Gasteiger partial charge in [0.15, 0.2) is 5.78 Å². The molecule has 6 amide bonds. The quantitative estimate of drug-likeness (QED) is 0.118. The molecule has 1 saturated heterocycles. The average molecular weight is 734 g/mol. The van der Waals surface area contributed by atoms with Crippen LogP contribution in [0.2, 0.25) is 0 Å². The highest BCUT2D eigenvalue weighted by Gasteiger charge is 2.35. The second-order valence-electron chi connectivity index (χ2n) is 14.3. The Morgan fingerprint density at radius 2 is 1.60 bits per heavy atom. The van der Waals surface area contributed by atoms with Crippen LogP contribution in [0.25, 0.3) is 0 Å². The van der Waals surface area contributed by atoms with Gasteiger partial charge in [-0.2, -0.15) is 0 Å². The number of rotatable bonds is 21. The van der Waals surface area contributed by atoms with Crippen molar-refractivity contribution in [2.24, 2.45) is 23.5 Å². The maximum absolute atomic E-state index is 13.6. The van der Waals surface area contributed by atoms with Crippen molar-refractivity contribution in [2.75, 3.05) is 25.0 Å². The smallest absolute Gasteiger partial charge is 0.414 e. The molecule has 3 atom stereocenters. The summed E-state index contributed by atoms with van der Waals surface area (Å²) in [6.07, 6.45) is 2.58. The second-order valence-corrected chi connectivity index (χ2v) is 14.3. The SMILES string of the molecule is Cc1ccc(N(C)C(=O)OCc2ccc(CC(=O)[C@H](CCCNC(N)=O)NC(=O)[C@@H](CC(=O)CCCCCN3C(=O)CC(C)C3=O)C(C)C)cc2)cc1. The molecule has 2 aromatic carbocycles. The summed E-state index contributed by atoms with van der Waals surface area (Å²) >= 11 is 0. The van der Waals surface area contributed by atoms with Crippen molar-refractivity contribution in [1.29, 1.82) is 0 Å². The van der Waals surface area contributed by atoms with E-state index in [1.54, 1.807) is 38.2 Å². The number of hydrogen-bond acceptors (Lipinski definition) is 8. The number of nitrogens with one attached hydrogen (secondary N) is 2. The number of Topliss-reactive ketones (excluding diaryl/α,β-unsaturated/α-hetero) is 2. The Balaban J connectivity index is 1.53. The van der Waals surface area contributed by atoms with Gasteiger partial charge in [0.2, 0.25) is 17.7 Å². The van der Waals surface area contributed by atoms with E-state index in [1.807, 2.05) is 45.0 Å². The summed E-state index contributed by atoms with van der Waals surface area (Å²) in [5, 5.41) is 5.39. The van der Waals surface area contributed by atoms with Gasteiger partial charge >= 0.3 is 12.1 Å². The van der Waals surface area contributed by atoms with Gasteiger partial charge in [0.1, 0.15) is 12.4 Å². The van der Waals surface area contributed by atoms with E-state index < -0.39 is 24.1 Å². The molecule has 0 aromatic heterocycles. The van der Waals surface area contributed by atoms with Crippen LogP contribution in [-0.4, -0.2) is 72.5 Å². The summed E-state index contributed by atoms with van der Waals surface area (Å²) in [6, 6.07) is 13.1. The monoisotopic (exact) mass is 733 g/mol. The number of urea groups is 1. The van der Waals surface area contributed by atoms with E-state index in [1.165, 1.54) is 9.80 Å². The van der Waals surface area contributed by atoms with E-state index in [4.69, 9.17) is 10.5 Å². The van der Waals surface area contributed by atoms with E-state index >= 15 is 0 Å². The number of ketones is 2. The molecule has 3 rings (SSSR count). The van der Waals surface area contributed by atoms with E-state index in [0.29, 0.717) is 43.5 Å². The molecule has 0 saturated carbocycles. The minimum Gasteiger partial charge on any atom is -0.444 e. The molecule has 1 aliphatic heterocycles. The number of primary amides is 1. The molecule has 1 aliphatic rings. The second kappa shape index (κ2) is 20.8. The highest BCUT2D eigenvalue weighted by Crippen LogP contribution is 2.22. The van der Waals surface area contributed by atoms with E-state index in [9.17, 15) is 33.6 Å². The fraction of sp³-hybridized carbons (Fsp3) is 0.525. The molecule has 288 valence electrons. The first-order valence-corrected chi connectivity index (χ1v) is 18.4. The molecule has 2 aromatic rings. The minimum atomic E-state index is -0.856. The first-order valence-electron chi connectivity index (χ1n) is 18.4. The molecule has 1 fully saturated rings. The molecule has 13 heteroatoms. The van der Waals surface area contributed by atoms with Crippen molar-refractivity contribution in [3.8, 4) is 0 Å². The van der Waals surface area contributed by atoms with Gasteiger partial charge in [0, 0.05) is 63.3 Å². The van der Waals surface area contributed by atoms with Gasteiger partial charge < -0.3 is 21.1 Å². The summed E-state index contributed by atoms with van der Waals surface area (Å²) in [5.41, 5.74) is 8.43. The first-order chi connectivity index (χ1) is 25.2. The molecule has 13 nitrogen and oxygen atoms in total. The number of benzene rings is 2. The third kappa shape index (κ3) is 13.8. The van der Waals surface area contributed by atoms with Crippen LogP contribution in [0.3, 0.4) is 0 Å². The topological polar surface area (TPSA) is 185 Å². The summed E-state index contributed by atoms with van der Waals surface area (Å²) < 4.78 is 5.47. The average Bonchev–Trinajstić information content (AvgIpc) is 3.36. The number of imide groups is 1. The minimum absolute atomic E-state index is 0.0289. The van der Waals surface area contributed by atoms with Gasteiger partial charge in [-0.25, -0.2) is 9.59 Å². The van der Waals surface area contributed by atoms with Gasteiger partial charge in [-0.15, -0.1) is 0 Å². The lowest BCUT2D eigenvalue weighted by molar-refractivity contribution is -0.139. The van der Waals surface area contributed by atoms with Crippen molar-refractivity contribution in [3.05, 3.63) is 65.2 Å². The Kier molecular flexibility index (Phi) is 16.6. The van der Waals surface area contributed by atoms with Crippen LogP contribution in [0.5, 0.6) is 0 Å². The Hall–Kier alpha value is -5.07. The van der Waals surface area contributed by atoms with E-state index in [2.05, 4.69) is 10.6 Å². The zero-order valence-corrected chi connectivity index (χ0v) is 31.7. The Labute approximate surface area is 312 Å². The lowest BCUT2D eigenvalue weighted by Gasteiger charge is -2.24. The predicted octanol–water partition coefficient (Wildman–Crippen LogP) is 5.00. The van der Waals surface area contributed by atoms with Crippen LogP contribution in [0.15, 0.2) is 48.5 Å². The number of carbonyl (C=O) groups is 7. The Morgan fingerprint density at radius 3 is 2.21 bits per heavy atom. The van der Waals surface area contributed by atoms with Crippen molar-refractivity contribution >= 4 is 47.1 Å². The molecule has 0 radical (unpaired) electrons. The van der Waals surface area contributed by atoms with Crippen LogP contribution >= 0.6 is 0 Å². The van der Waals surface area contributed by atoms with Crippen LogP contribution in [0.1, 0.15) is 88.8 Å². The molecule has 1 heterocycles. The Morgan fingerprint density at radius 1 is 0.943 bits per heavy atom. The summed E-state index contributed by atoms with van der Waals surface area (Å²) in [7, 11) is 1.64. The fourth-order valence-corrected chi connectivity index (χ4v) is 6.13. The third-order valence-corrected chi connectivity index (χ3v) is 9.53. The lowest BCUT2D eigenvalue weighted by atomic mass is 9.88. The number of aryl methyl sites for hydroxylation is 1. The van der Waals surface area contributed by atoms with Crippen LogP contribution in [0.4, 0.5) is 15.3 Å². The summed E-state index contributed by atoms with van der Waals surface area (Å²) in [5.74, 6) is -2.07. The van der Waals surface area contributed by atoms with Crippen LogP contribution in [0, 0.1) is 24.7 Å². The number of carbonyl (C=O) groups excluding carboxylic acids is 7. The summed E-state index contributed by atoms with van der Waals surface area (Å²) in [4.78, 5) is 90.6. The predicted molar refractivity (Wildman–Crippen MR) is 201 cm³/mol. The fourth-order valence-electron chi connectivity index (χ4n) is 6.13. The third-order valence-electron chi connectivity index (χ3n) is 9.53. The van der Waals surface area contributed by atoms with Gasteiger partial charge in [0.05, 0.1) is 6.04 Å². The summed E-state index contributed by atoms with van der Waals surface area (Å²) in [6.45, 7) is 8.05. The van der Waals surface area contributed by atoms with Crippen LogP contribution < -0.4 is 21.3 Å². The van der Waals surface area contributed by atoms with Gasteiger partial charge in [-0.1, -0.05) is 69.2 Å². The number of amides is 6. The van der Waals surface area contributed by atoms with E-state index in [-0.39, 0.29) is 86.4 Å². The maximum atomic E-state index is 13.6. The molecular formula is C40H55N5O8. The molecule has 4 N–H and O–H groups in total. The Bertz CT molecular complexity index is 1590.